The number of aliphatic hydroxyl groups excluding tert-OH is 3. The van der Waals surface area contributed by atoms with Crippen LogP contribution in [-0.4, -0.2) is 52.1 Å². The molecular formula is C13H17F2NO3. The monoisotopic (exact) mass is 273 g/mol. The van der Waals surface area contributed by atoms with Crippen LogP contribution >= 0.6 is 0 Å². The number of halogens is 2. The number of β-amino-alcohol motifs (C(OH)–C–C–N with tert-alkyl or cyclic N) is 1. The van der Waals surface area contributed by atoms with Crippen LogP contribution in [0.5, 0.6) is 0 Å². The van der Waals surface area contributed by atoms with Gasteiger partial charge < -0.3 is 15.3 Å². The summed E-state index contributed by atoms with van der Waals surface area (Å²) in [5.74, 6) is -1.74. The Balaban J connectivity index is 2.06. The van der Waals surface area contributed by atoms with E-state index in [4.69, 9.17) is 5.11 Å². The van der Waals surface area contributed by atoms with E-state index in [2.05, 4.69) is 0 Å². The summed E-state index contributed by atoms with van der Waals surface area (Å²) in [6, 6.07) is 3.35. The largest absolute Gasteiger partial charge is 0.396 e. The summed E-state index contributed by atoms with van der Waals surface area (Å²) in [5, 5.41) is 28.5. The van der Waals surface area contributed by atoms with Gasteiger partial charge >= 0.3 is 0 Å². The van der Waals surface area contributed by atoms with Gasteiger partial charge in [0.25, 0.3) is 0 Å². The summed E-state index contributed by atoms with van der Waals surface area (Å²) in [6.07, 6.45) is -1.95. The molecule has 0 saturated carbocycles. The van der Waals surface area contributed by atoms with Gasteiger partial charge in [-0.2, -0.15) is 0 Å². The average molecular weight is 273 g/mol. The van der Waals surface area contributed by atoms with Crippen LogP contribution in [0.2, 0.25) is 0 Å². The van der Waals surface area contributed by atoms with Crippen molar-refractivity contribution >= 4 is 0 Å². The molecule has 1 saturated heterocycles. The van der Waals surface area contributed by atoms with Gasteiger partial charge in [0.2, 0.25) is 0 Å². The zero-order chi connectivity index (χ0) is 14.0. The molecule has 3 atom stereocenters. The second-order valence-electron chi connectivity index (χ2n) is 4.93. The molecule has 19 heavy (non-hydrogen) atoms. The summed E-state index contributed by atoms with van der Waals surface area (Å²) < 4.78 is 26.3. The molecule has 6 heteroatoms. The van der Waals surface area contributed by atoms with Crippen molar-refractivity contribution in [3.8, 4) is 0 Å². The first-order valence-electron chi connectivity index (χ1n) is 6.14. The van der Waals surface area contributed by atoms with Gasteiger partial charge in [-0.3, -0.25) is 4.90 Å². The second-order valence-corrected chi connectivity index (χ2v) is 4.93. The Bertz CT molecular complexity index is 444. The number of hydrogen-bond acceptors (Lipinski definition) is 4. The number of hydrogen-bond donors (Lipinski definition) is 3. The highest BCUT2D eigenvalue weighted by Crippen LogP contribution is 2.20. The van der Waals surface area contributed by atoms with Gasteiger partial charge in [0.15, 0.2) is 0 Å². The van der Waals surface area contributed by atoms with Gasteiger partial charge in [0, 0.05) is 43.8 Å². The van der Waals surface area contributed by atoms with E-state index in [1.165, 1.54) is 12.1 Å². The van der Waals surface area contributed by atoms with Crippen molar-refractivity contribution in [2.75, 3.05) is 19.7 Å². The van der Waals surface area contributed by atoms with Crippen LogP contribution in [0.25, 0.3) is 0 Å². The Morgan fingerprint density at radius 1 is 1.21 bits per heavy atom. The number of nitrogens with zero attached hydrogens (tertiary/aromatic N) is 1. The van der Waals surface area contributed by atoms with Crippen molar-refractivity contribution in [1.29, 1.82) is 0 Å². The molecule has 0 aromatic heterocycles. The normalized spacial score (nSPS) is 28.6. The van der Waals surface area contributed by atoms with Crippen LogP contribution in [0.15, 0.2) is 18.2 Å². The fourth-order valence-electron chi connectivity index (χ4n) is 2.39. The fourth-order valence-corrected chi connectivity index (χ4v) is 2.39. The first-order valence-corrected chi connectivity index (χ1v) is 6.14. The first kappa shape index (κ1) is 14.3. The highest BCUT2D eigenvalue weighted by molar-refractivity contribution is 5.18. The van der Waals surface area contributed by atoms with Crippen LogP contribution in [0, 0.1) is 17.6 Å². The SMILES string of the molecule is OCC1CN(Cc2ccc(F)cc2F)CC(O)C1O. The smallest absolute Gasteiger partial charge is 0.130 e. The van der Waals surface area contributed by atoms with E-state index in [1.54, 1.807) is 4.90 Å². The number of rotatable bonds is 3. The zero-order valence-corrected chi connectivity index (χ0v) is 10.3. The van der Waals surface area contributed by atoms with Gasteiger partial charge in [0.05, 0.1) is 12.2 Å². The molecule has 1 aliphatic heterocycles. The lowest BCUT2D eigenvalue weighted by Crippen LogP contribution is -2.53. The lowest BCUT2D eigenvalue weighted by atomic mass is 9.93. The van der Waals surface area contributed by atoms with Crippen molar-refractivity contribution in [1.82, 2.24) is 4.90 Å². The van der Waals surface area contributed by atoms with E-state index < -0.39 is 29.8 Å². The minimum atomic E-state index is -0.977. The number of aliphatic hydroxyl groups is 3. The highest BCUT2D eigenvalue weighted by Gasteiger charge is 2.34. The quantitative estimate of drug-likeness (QED) is 0.731. The maximum absolute atomic E-state index is 13.5. The van der Waals surface area contributed by atoms with Crippen molar-refractivity contribution in [3.63, 3.8) is 0 Å². The minimum Gasteiger partial charge on any atom is -0.396 e. The number of benzene rings is 1. The van der Waals surface area contributed by atoms with Crippen molar-refractivity contribution in [3.05, 3.63) is 35.4 Å². The molecule has 4 nitrogen and oxygen atoms in total. The van der Waals surface area contributed by atoms with E-state index in [-0.39, 0.29) is 19.7 Å². The van der Waals surface area contributed by atoms with Crippen LogP contribution in [0.3, 0.4) is 0 Å². The fraction of sp³-hybridized carbons (Fsp3) is 0.538. The number of piperidine rings is 1. The van der Waals surface area contributed by atoms with E-state index >= 15 is 0 Å². The van der Waals surface area contributed by atoms with Gasteiger partial charge in [-0.25, -0.2) is 8.78 Å². The van der Waals surface area contributed by atoms with Gasteiger partial charge in [-0.1, -0.05) is 6.07 Å². The molecule has 1 heterocycles. The van der Waals surface area contributed by atoms with Gasteiger partial charge in [-0.15, -0.1) is 0 Å². The van der Waals surface area contributed by atoms with Crippen LogP contribution < -0.4 is 0 Å². The maximum atomic E-state index is 13.5. The highest BCUT2D eigenvalue weighted by atomic mass is 19.1. The molecule has 3 N–H and O–H groups in total. The van der Waals surface area contributed by atoms with Crippen LogP contribution in [-0.2, 0) is 6.54 Å². The van der Waals surface area contributed by atoms with Gasteiger partial charge in [-0.05, 0) is 6.07 Å². The Kier molecular flexibility index (Phi) is 4.46. The lowest BCUT2D eigenvalue weighted by molar-refractivity contribution is -0.0881. The molecule has 0 amide bonds. The molecule has 1 aliphatic rings. The average Bonchev–Trinajstić information content (AvgIpc) is 2.37. The Morgan fingerprint density at radius 2 is 1.95 bits per heavy atom. The minimum absolute atomic E-state index is 0.189. The summed E-state index contributed by atoms with van der Waals surface area (Å²) >= 11 is 0. The summed E-state index contributed by atoms with van der Waals surface area (Å²) in [7, 11) is 0. The van der Waals surface area contributed by atoms with E-state index in [0.717, 1.165) is 6.07 Å². The molecule has 1 aromatic carbocycles. The standard InChI is InChI=1S/C13H17F2NO3/c14-10-2-1-8(11(15)3-10)4-16-5-9(7-17)13(19)12(18)6-16/h1-3,9,12-13,17-19H,4-7H2. The van der Waals surface area contributed by atoms with Crippen LogP contribution in [0.1, 0.15) is 5.56 Å². The zero-order valence-electron chi connectivity index (χ0n) is 10.3. The molecule has 2 rings (SSSR count). The van der Waals surface area contributed by atoms with Crippen LogP contribution in [0.4, 0.5) is 8.78 Å². The van der Waals surface area contributed by atoms with Crippen molar-refractivity contribution < 1.29 is 24.1 Å². The molecule has 0 radical (unpaired) electrons. The second kappa shape index (κ2) is 5.92. The molecule has 1 fully saturated rings. The molecule has 3 unspecified atom stereocenters. The molecular weight excluding hydrogens is 256 g/mol. The third-order valence-corrected chi connectivity index (χ3v) is 3.46. The molecule has 106 valence electrons. The molecule has 1 aromatic rings. The third kappa shape index (κ3) is 3.27. The van der Waals surface area contributed by atoms with Crippen molar-refractivity contribution in [2.45, 2.75) is 18.8 Å². The summed E-state index contributed by atoms with van der Waals surface area (Å²) in [5.41, 5.74) is 0.321. The molecule has 0 aliphatic carbocycles. The first-order chi connectivity index (χ1) is 9.01. The topological polar surface area (TPSA) is 63.9 Å². The number of likely N-dealkylation sites (tertiary alicyclic amines) is 1. The van der Waals surface area contributed by atoms with E-state index in [1.807, 2.05) is 0 Å². The Labute approximate surface area is 109 Å². The Morgan fingerprint density at radius 3 is 2.58 bits per heavy atom. The van der Waals surface area contributed by atoms with Gasteiger partial charge in [0.1, 0.15) is 11.6 Å². The predicted octanol–water partition coefficient (Wildman–Crippen LogP) is 0.111. The molecule has 0 spiro atoms. The Hall–Kier alpha value is -1.08. The third-order valence-electron chi connectivity index (χ3n) is 3.46. The van der Waals surface area contributed by atoms with Crippen molar-refractivity contribution in [2.24, 2.45) is 5.92 Å². The maximum Gasteiger partial charge on any atom is 0.130 e. The lowest BCUT2D eigenvalue weighted by Gasteiger charge is -2.38. The summed E-state index contributed by atoms with van der Waals surface area (Å²) in [4.78, 5) is 1.73. The predicted molar refractivity (Wildman–Crippen MR) is 64.2 cm³/mol. The van der Waals surface area contributed by atoms with E-state index in [9.17, 15) is 19.0 Å². The molecule has 0 bridgehead atoms. The summed E-state index contributed by atoms with van der Waals surface area (Å²) in [6.45, 7) is 0.493. The van der Waals surface area contributed by atoms with E-state index in [0.29, 0.717) is 12.1 Å².